The lowest BCUT2D eigenvalue weighted by atomic mass is 9.77. The molecule has 1 aliphatic rings. The topological polar surface area (TPSA) is 36.2 Å². The Balaban J connectivity index is 1.13. The minimum absolute atomic E-state index is 0.186. The van der Waals surface area contributed by atoms with Gasteiger partial charge in [0.25, 0.3) is 0 Å². The number of hydrogen-bond acceptors (Lipinski definition) is 2. The lowest BCUT2D eigenvalue weighted by Gasteiger charge is -2.26. The maximum atomic E-state index is 9.15. The molecule has 0 bridgehead atoms. The average molecular weight is 703 g/mol. The van der Waals surface area contributed by atoms with Crippen LogP contribution in [0.3, 0.4) is 0 Å². The molecule has 0 spiro atoms. The first-order valence-electron chi connectivity index (χ1n) is 19.0. The third-order valence-corrected chi connectivity index (χ3v) is 11.5. The third kappa shape index (κ3) is 5.33. The molecule has 9 aromatic carbocycles. The summed E-state index contributed by atoms with van der Waals surface area (Å²) in [5, 5.41) is 18.7. The Bertz CT molecular complexity index is 3070. The Kier molecular flexibility index (Phi) is 7.67. The molecule has 0 radical (unpaired) electrons. The summed E-state index contributed by atoms with van der Waals surface area (Å²) in [6.45, 7) is 4.77. The highest BCUT2D eigenvalue weighted by atomic mass is 14.7. The smallest absolute Gasteiger partial charge is 0.0730 e. The van der Waals surface area contributed by atoms with Crippen molar-refractivity contribution in [2.75, 3.05) is 0 Å². The van der Waals surface area contributed by atoms with Crippen LogP contribution in [0, 0.1) is 5.41 Å². The number of aliphatic imine (C=N–C) groups is 1. The Morgan fingerprint density at radius 2 is 1.05 bits per heavy atom. The number of nitrogens with one attached hydrogen (secondary N) is 1. The fourth-order valence-corrected chi connectivity index (χ4v) is 9.07. The number of allylic oxidation sites excluding steroid dienone is 1. The van der Waals surface area contributed by atoms with Crippen molar-refractivity contribution < 1.29 is 0 Å². The standard InChI is InChI=1S/C53H38N2/c1-53(2)51-40-21-9-6-15-34(40)27-30-47(51)46-26-14-25-45(52(46)53)44-29-28-37(39-20-10-11-23-42(39)44)33-55-50(32-49(54)35-16-4-3-5-17-35)48-31-36-18-7-8-19-38(36)41-22-12-13-24-43(41)48/h3-33,54H,1-2H3/b50-32-,54-49?,55-33?. The number of hydrogen-bond donors (Lipinski definition) is 1. The van der Waals surface area contributed by atoms with E-state index in [2.05, 4.69) is 159 Å². The first kappa shape index (κ1) is 32.7. The molecule has 0 heterocycles. The zero-order valence-electron chi connectivity index (χ0n) is 30.8. The van der Waals surface area contributed by atoms with Crippen LogP contribution in [0.25, 0.3) is 71.0 Å². The summed E-state index contributed by atoms with van der Waals surface area (Å²) in [5.74, 6) is 0. The van der Waals surface area contributed by atoms with Crippen LogP contribution >= 0.6 is 0 Å². The minimum Gasteiger partial charge on any atom is -0.300 e. The van der Waals surface area contributed by atoms with E-state index in [1.807, 2.05) is 42.6 Å². The zero-order chi connectivity index (χ0) is 37.1. The fourth-order valence-electron chi connectivity index (χ4n) is 9.07. The molecule has 9 aromatic rings. The van der Waals surface area contributed by atoms with Crippen molar-refractivity contribution in [3.8, 4) is 22.3 Å². The van der Waals surface area contributed by atoms with Crippen molar-refractivity contribution >= 4 is 60.7 Å². The van der Waals surface area contributed by atoms with Crippen LogP contribution in [-0.2, 0) is 5.41 Å². The van der Waals surface area contributed by atoms with Gasteiger partial charge in [0.05, 0.1) is 11.4 Å². The van der Waals surface area contributed by atoms with Crippen molar-refractivity contribution in [1.82, 2.24) is 0 Å². The minimum atomic E-state index is -0.186. The summed E-state index contributed by atoms with van der Waals surface area (Å²) in [4.78, 5) is 5.27. The third-order valence-electron chi connectivity index (χ3n) is 11.5. The van der Waals surface area contributed by atoms with Crippen LogP contribution in [-0.4, -0.2) is 11.9 Å². The molecule has 10 rings (SSSR count). The van der Waals surface area contributed by atoms with E-state index in [4.69, 9.17) is 10.4 Å². The Labute approximate surface area is 321 Å². The van der Waals surface area contributed by atoms with E-state index in [-0.39, 0.29) is 5.41 Å². The molecule has 0 saturated heterocycles. The lowest BCUT2D eigenvalue weighted by molar-refractivity contribution is 0.668. The van der Waals surface area contributed by atoms with Gasteiger partial charge in [0.1, 0.15) is 0 Å². The van der Waals surface area contributed by atoms with E-state index < -0.39 is 0 Å². The molecule has 0 saturated carbocycles. The van der Waals surface area contributed by atoms with Gasteiger partial charge in [-0.05, 0) is 94.2 Å². The highest BCUT2D eigenvalue weighted by Crippen LogP contribution is 2.54. The van der Waals surface area contributed by atoms with E-state index in [0.717, 1.165) is 38.5 Å². The van der Waals surface area contributed by atoms with Crippen LogP contribution in [0.15, 0.2) is 187 Å². The average Bonchev–Trinajstić information content (AvgIpc) is 3.48. The molecular formula is C53H38N2. The Morgan fingerprint density at radius 3 is 1.84 bits per heavy atom. The van der Waals surface area contributed by atoms with Gasteiger partial charge < -0.3 is 5.41 Å². The summed E-state index contributed by atoms with van der Waals surface area (Å²) in [5.41, 5.74) is 11.8. The summed E-state index contributed by atoms with van der Waals surface area (Å²) >= 11 is 0. The first-order valence-corrected chi connectivity index (χ1v) is 19.0. The van der Waals surface area contributed by atoms with Crippen molar-refractivity contribution in [1.29, 1.82) is 5.41 Å². The summed E-state index contributed by atoms with van der Waals surface area (Å²) in [6, 6.07) is 62.5. The van der Waals surface area contributed by atoms with Crippen LogP contribution in [0.4, 0.5) is 0 Å². The number of rotatable bonds is 6. The SMILES string of the molecule is CC1(C)c2c(cccc2-c2ccc(C=N/C(=C\C(=N)c3ccccc3)c3cc4ccccc4c4ccccc34)c3ccccc23)-c2ccc3ccccc3c21. The highest BCUT2D eigenvalue weighted by molar-refractivity contribution is 6.17. The monoisotopic (exact) mass is 702 g/mol. The molecule has 0 aromatic heterocycles. The maximum Gasteiger partial charge on any atom is 0.0730 e. The predicted molar refractivity (Wildman–Crippen MR) is 235 cm³/mol. The second-order valence-electron chi connectivity index (χ2n) is 15.1. The molecule has 2 heteroatoms. The molecular weight excluding hydrogens is 665 g/mol. The van der Waals surface area contributed by atoms with E-state index in [0.29, 0.717) is 5.71 Å². The van der Waals surface area contributed by atoms with Gasteiger partial charge >= 0.3 is 0 Å². The van der Waals surface area contributed by atoms with Crippen LogP contribution in [0.1, 0.15) is 41.7 Å². The molecule has 0 fully saturated rings. The molecule has 0 amide bonds. The second-order valence-corrected chi connectivity index (χ2v) is 15.1. The van der Waals surface area contributed by atoms with Gasteiger partial charge in [-0.3, -0.25) is 4.99 Å². The van der Waals surface area contributed by atoms with Gasteiger partial charge in [0.2, 0.25) is 0 Å². The lowest BCUT2D eigenvalue weighted by Crippen LogP contribution is -2.17. The molecule has 0 unspecified atom stereocenters. The molecule has 2 nitrogen and oxygen atoms in total. The van der Waals surface area contributed by atoms with Gasteiger partial charge in [-0.25, -0.2) is 0 Å². The van der Waals surface area contributed by atoms with Crippen LogP contribution in [0.5, 0.6) is 0 Å². The quantitative estimate of drug-likeness (QED) is 0.132. The molecule has 260 valence electrons. The van der Waals surface area contributed by atoms with Gasteiger partial charge in [0.15, 0.2) is 0 Å². The van der Waals surface area contributed by atoms with Crippen LogP contribution < -0.4 is 0 Å². The van der Waals surface area contributed by atoms with Crippen LogP contribution in [0.2, 0.25) is 0 Å². The number of fused-ring (bicyclic) bond motifs is 9. The molecule has 0 aliphatic heterocycles. The molecule has 1 aliphatic carbocycles. The summed E-state index contributed by atoms with van der Waals surface area (Å²) in [7, 11) is 0. The molecule has 1 N–H and O–H groups in total. The largest absolute Gasteiger partial charge is 0.300 e. The Morgan fingerprint density at radius 1 is 0.473 bits per heavy atom. The summed E-state index contributed by atoms with van der Waals surface area (Å²) < 4.78 is 0. The van der Waals surface area contributed by atoms with Gasteiger partial charge in [-0.1, -0.05) is 184 Å². The van der Waals surface area contributed by atoms with Gasteiger partial charge in [0, 0.05) is 22.8 Å². The Hall–Kier alpha value is -6.90. The van der Waals surface area contributed by atoms with Crippen molar-refractivity contribution in [3.63, 3.8) is 0 Å². The van der Waals surface area contributed by atoms with Gasteiger partial charge in [-0.15, -0.1) is 0 Å². The van der Waals surface area contributed by atoms with E-state index in [9.17, 15) is 0 Å². The van der Waals surface area contributed by atoms with Crippen molar-refractivity contribution in [3.05, 3.63) is 210 Å². The fraction of sp³-hybridized carbons (Fsp3) is 0.0566. The molecule has 55 heavy (non-hydrogen) atoms. The van der Waals surface area contributed by atoms with E-state index >= 15 is 0 Å². The van der Waals surface area contributed by atoms with Crippen molar-refractivity contribution in [2.24, 2.45) is 4.99 Å². The zero-order valence-corrected chi connectivity index (χ0v) is 30.8. The number of benzene rings is 9. The van der Waals surface area contributed by atoms with E-state index in [1.165, 1.54) is 60.3 Å². The highest BCUT2D eigenvalue weighted by Gasteiger charge is 2.39. The second kappa shape index (κ2) is 12.9. The maximum absolute atomic E-state index is 9.15. The summed E-state index contributed by atoms with van der Waals surface area (Å²) in [6.07, 6.45) is 3.90. The van der Waals surface area contributed by atoms with Crippen molar-refractivity contribution in [2.45, 2.75) is 19.3 Å². The normalized spacial score (nSPS) is 13.5. The first-order chi connectivity index (χ1) is 27.0. The van der Waals surface area contributed by atoms with E-state index in [1.54, 1.807) is 0 Å². The predicted octanol–water partition coefficient (Wildman–Crippen LogP) is 13.8. The molecule has 0 atom stereocenters. The van der Waals surface area contributed by atoms with Gasteiger partial charge in [-0.2, -0.15) is 0 Å². The number of nitrogens with zero attached hydrogens (tertiary/aromatic N) is 1.